The number of ether oxygens (including phenoxy) is 1. The summed E-state index contributed by atoms with van der Waals surface area (Å²) in [5.74, 6) is 0.0157. The van der Waals surface area contributed by atoms with Gasteiger partial charge in [0.1, 0.15) is 6.61 Å². The smallest absolute Gasteiger partial charge is 0.407 e. The van der Waals surface area contributed by atoms with Gasteiger partial charge < -0.3 is 15.2 Å². The van der Waals surface area contributed by atoms with Crippen molar-refractivity contribution in [2.24, 2.45) is 0 Å². The van der Waals surface area contributed by atoms with Crippen molar-refractivity contribution in [3.63, 3.8) is 0 Å². The number of alkyl carbamates (subject to hydrolysis) is 1. The van der Waals surface area contributed by atoms with Crippen LogP contribution in [0.4, 0.5) is 4.79 Å². The van der Waals surface area contributed by atoms with Crippen LogP contribution >= 0.6 is 0 Å². The molecule has 2 N–H and O–H groups in total. The number of amides is 1. The third kappa shape index (κ3) is 3.89. The molecular weight excluding hydrogens is 362 g/mol. The van der Waals surface area contributed by atoms with Gasteiger partial charge in [0.2, 0.25) is 0 Å². The fourth-order valence-electron chi connectivity index (χ4n) is 4.23. The van der Waals surface area contributed by atoms with Crippen LogP contribution in [0.3, 0.4) is 0 Å². The van der Waals surface area contributed by atoms with E-state index in [1.54, 1.807) is 0 Å². The van der Waals surface area contributed by atoms with E-state index in [-0.39, 0.29) is 19.1 Å². The summed E-state index contributed by atoms with van der Waals surface area (Å²) in [6, 6.07) is 22.0. The van der Waals surface area contributed by atoms with E-state index in [1.807, 2.05) is 50.2 Å². The van der Waals surface area contributed by atoms with Gasteiger partial charge >= 0.3 is 6.09 Å². The quantitative estimate of drug-likeness (QED) is 0.656. The summed E-state index contributed by atoms with van der Waals surface area (Å²) in [5, 5.41) is 12.6. The SMILES string of the molecule is Cc1cc(C)cc(C(CO)NC(=O)OCC2c3ccccc3-c3ccccc32)c1. The van der Waals surface area contributed by atoms with Crippen LogP contribution in [0.5, 0.6) is 0 Å². The van der Waals surface area contributed by atoms with Crippen molar-refractivity contribution >= 4 is 6.09 Å². The zero-order valence-corrected chi connectivity index (χ0v) is 16.7. The first kappa shape index (κ1) is 19.2. The Morgan fingerprint density at radius 2 is 1.52 bits per heavy atom. The minimum atomic E-state index is -0.523. The fourth-order valence-corrected chi connectivity index (χ4v) is 4.23. The van der Waals surface area contributed by atoms with Crippen LogP contribution in [-0.4, -0.2) is 24.4 Å². The molecule has 0 fully saturated rings. The second kappa shape index (κ2) is 8.10. The highest BCUT2D eigenvalue weighted by Gasteiger charge is 2.29. The number of rotatable bonds is 5. The Kier molecular flexibility index (Phi) is 5.36. The standard InChI is InChI=1S/C25H25NO3/c1-16-11-17(2)13-18(12-16)24(14-27)26-25(28)29-15-23-21-9-5-3-7-19(21)20-8-4-6-10-22(20)23/h3-13,23-24,27H,14-15H2,1-2H3,(H,26,28). The summed E-state index contributed by atoms with van der Waals surface area (Å²) in [6.07, 6.45) is -0.523. The Labute approximate surface area is 171 Å². The molecule has 1 aliphatic rings. The number of hydrogen-bond donors (Lipinski definition) is 2. The first-order valence-electron chi connectivity index (χ1n) is 9.87. The molecule has 0 heterocycles. The predicted molar refractivity (Wildman–Crippen MR) is 114 cm³/mol. The highest BCUT2D eigenvalue weighted by Crippen LogP contribution is 2.44. The summed E-state index contributed by atoms with van der Waals surface area (Å²) >= 11 is 0. The van der Waals surface area contributed by atoms with Crippen LogP contribution in [0.1, 0.15) is 39.8 Å². The lowest BCUT2D eigenvalue weighted by Gasteiger charge is -2.19. The average molecular weight is 387 g/mol. The highest BCUT2D eigenvalue weighted by molar-refractivity contribution is 5.79. The van der Waals surface area contributed by atoms with E-state index < -0.39 is 12.1 Å². The molecule has 0 saturated carbocycles. The molecule has 1 aliphatic carbocycles. The van der Waals surface area contributed by atoms with Gasteiger partial charge in [0.05, 0.1) is 12.6 Å². The molecule has 0 spiro atoms. The van der Waals surface area contributed by atoms with Crippen molar-refractivity contribution in [3.8, 4) is 11.1 Å². The molecule has 0 bridgehead atoms. The second-order valence-electron chi connectivity index (χ2n) is 7.63. The van der Waals surface area contributed by atoms with Gasteiger partial charge in [-0.25, -0.2) is 4.79 Å². The number of fused-ring (bicyclic) bond motifs is 3. The van der Waals surface area contributed by atoms with Gasteiger partial charge in [-0.3, -0.25) is 0 Å². The number of benzene rings is 3. The number of hydrogen-bond acceptors (Lipinski definition) is 3. The average Bonchev–Trinajstić information content (AvgIpc) is 3.03. The Morgan fingerprint density at radius 3 is 2.07 bits per heavy atom. The summed E-state index contributed by atoms with van der Waals surface area (Å²) in [7, 11) is 0. The van der Waals surface area contributed by atoms with Gasteiger partial charge in [0.25, 0.3) is 0 Å². The lowest BCUT2D eigenvalue weighted by molar-refractivity contribution is 0.132. The van der Waals surface area contributed by atoms with Crippen LogP contribution in [-0.2, 0) is 4.74 Å². The number of carbonyl (C=O) groups excluding carboxylic acids is 1. The molecule has 3 aromatic rings. The number of aliphatic hydroxyl groups is 1. The molecule has 0 aromatic heterocycles. The maximum atomic E-state index is 12.5. The van der Waals surface area contributed by atoms with Crippen LogP contribution in [0.2, 0.25) is 0 Å². The molecule has 3 aromatic carbocycles. The Morgan fingerprint density at radius 1 is 0.966 bits per heavy atom. The molecule has 1 amide bonds. The molecule has 4 heteroatoms. The maximum Gasteiger partial charge on any atom is 0.407 e. The monoisotopic (exact) mass is 387 g/mol. The van der Waals surface area contributed by atoms with Crippen molar-refractivity contribution in [1.29, 1.82) is 0 Å². The van der Waals surface area contributed by atoms with E-state index in [2.05, 4.69) is 35.6 Å². The molecule has 0 saturated heterocycles. The lowest BCUT2D eigenvalue weighted by Crippen LogP contribution is -2.32. The fraction of sp³-hybridized carbons (Fsp3) is 0.240. The van der Waals surface area contributed by atoms with Crippen molar-refractivity contribution < 1.29 is 14.6 Å². The summed E-state index contributed by atoms with van der Waals surface area (Å²) in [5.41, 5.74) is 7.80. The Bertz CT molecular complexity index is 978. The molecule has 1 unspecified atom stereocenters. The zero-order chi connectivity index (χ0) is 20.4. The molecule has 4 nitrogen and oxygen atoms in total. The first-order valence-corrected chi connectivity index (χ1v) is 9.87. The number of aliphatic hydroxyl groups excluding tert-OH is 1. The Hall–Kier alpha value is -3.11. The molecule has 148 valence electrons. The topological polar surface area (TPSA) is 58.6 Å². The number of carbonyl (C=O) groups is 1. The van der Waals surface area contributed by atoms with Crippen LogP contribution in [0.15, 0.2) is 66.7 Å². The van der Waals surface area contributed by atoms with Gasteiger partial charge in [-0.1, -0.05) is 77.9 Å². The minimum absolute atomic E-state index is 0.0157. The first-order chi connectivity index (χ1) is 14.1. The van der Waals surface area contributed by atoms with Crippen LogP contribution in [0.25, 0.3) is 11.1 Å². The van der Waals surface area contributed by atoms with Crippen molar-refractivity contribution in [3.05, 3.63) is 94.5 Å². The number of aryl methyl sites for hydroxylation is 2. The molecule has 0 aliphatic heterocycles. The van der Waals surface area contributed by atoms with Gasteiger partial charge in [-0.2, -0.15) is 0 Å². The number of nitrogens with one attached hydrogen (secondary N) is 1. The highest BCUT2D eigenvalue weighted by atomic mass is 16.5. The van der Waals surface area contributed by atoms with Crippen molar-refractivity contribution in [1.82, 2.24) is 5.32 Å². The van der Waals surface area contributed by atoms with E-state index in [0.29, 0.717) is 0 Å². The van der Waals surface area contributed by atoms with E-state index in [1.165, 1.54) is 22.3 Å². The largest absolute Gasteiger partial charge is 0.449 e. The van der Waals surface area contributed by atoms with Gasteiger partial charge in [0, 0.05) is 5.92 Å². The molecular formula is C25H25NO3. The molecule has 4 rings (SSSR count). The minimum Gasteiger partial charge on any atom is -0.449 e. The zero-order valence-electron chi connectivity index (χ0n) is 16.7. The Balaban J connectivity index is 1.47. The van der Waals surface area contributed by atoms with Crippen LogP contribution < -0.4 is 5.32 Å². The molecule has 1 atom stereocenters. The van der Waals surface area contributed by atoms with Gasteiger partial charge in [-0.15, -0.1) is 0 Å². The molecule has 0 radical (unpaired) electrons. The van der Waals surface area contributed by atoms with E-state index in [9.17, 15) is 9.90 Å². The summed E-state index contributed by atoms with van der Waals surface area (Å²) in [4.78, 5) is 12.5. The van der Waals surface area contributed by atoms with Gasteiger partial charge in [-0.05, 0) is 41.7 Å². The maximum absolute atomic E-state index is 12.5. The van der Waals surface area contributed by atoms with E-state index >= 15 is 0 Å². The van der Waals surface area contributed by atoms with E-state index in [0.717, 1.165) is 16.7 Å². The van der Waals surface area contributed by atoms with Crippen molar-refractivity contribution in [2.45, 2.75) is 25.8 Å². The van der Waals surface area contributed by atoms with Crippen molar-refractivity contribution in [2.75, 3.05) is 13.2 Å². The molecule has 29 heavy (non-hydrogen) atoms. The normalized spacial score (nSPS) is 13.5. The van der Waals surface area contributed by atoms with E-state index in [4.69, 9.17) is 4.74 Å². The predicted octanol–water partition coefficient (Wildman–Crippen LogP) is 4.88. The summed E-state index contributed by atoms with van der Waals surface area (Å²) in [6.45, 7) is 4.06. The van der Waals surface area contributed by atoms with Crippen LogP contribution in [0, 0.1) is 13.8 Å². The third-order valence-corrected chi connectivity index (χ3v) is 5.46. The summed E-state index contributed by atoms with van der Waals surface area (Å²) < 4.78 is 5.59. The second-order valence-corrected chi connectivity index (χ2v) is 7.63. The van der Waals surface area contributed by atoms with Gasteiger partial charge in [0.15, 0.2) is 0 Å². The third-order valence-electron chi connectivity index (χ3n) is 5.46. The lowest BCUT2D eigenvalue weighted by atomic mass is 9.98.